The van der Waals surface area contributed by atoms with Crippen molar-refractivity contribution in [3.63, 3.8) is 0 Å². The summed E-state index contributed by atoms with van der Waals surface area (Å²) in [6, 6.07) is 10.2. The zero-order valence-corrected chi connectivity index (χ0v) is 13.7. The number of carbonyl (C=O) groups excluding carboxylic acids is 1. The zero-order valence-electron chi connectivity index (χ0n) is 13.7. The lowest BCUT2D eigenvalue weighted by molar-refractivity contribution is 0.100. The lowest BCUT2D eigenvalue weighted by Crippen LogP contribution is -2.24. The molecule has 0 spiro atoms. The molecule has 1 aliphatic heterocycles. The van der Waals surface area contributed by atoms with Crippen molar-refractivity contribution in [3.05, 3.63) is 59.7 Å². The largest absolute Gasteiger partial charge is 0.365 e. The van der Waals surface area contributed by atoms with Crippen LogP contribution in [0.15, 0.2) is 42.7 Å². The minimum atomic E-state index is -0.609. The van der Waals surface area contributed by atoms with Crippen LogP contribution in [0.2, 0.25) is 0 Å². The van der Waals surface area contributed by atoms with Gasteiger partial charge in [-0.15, -0.1) is 0 Å². The Balaban J connectivity index is 1.79. The summed E-state index contributed by atoms with van der Waals surface area (Å²) in [5.41, 5.74) is 6.74. The highest BCUT2D eigenvalue weighted by atomic mass is 19.1. The fourth-order valence-electron chi connectivity index (χ4n) is 3.41. The van der Waals surface area contributed by atoms with Gasteiger partial charge in [-0.1, -0.05) is 12.1 Å². The highest BCUT2D eigenvalue weighted by Gasteiger charge is 2.34. The predicted octanol–water partition coefficient (Wildman–Crippen LogP) is 2.06. The van der Waals surface area contributed by atoms with Gasteiger partial charge in [0.05, 0.1) is 24.2 Å². The third-order valence-electron chi connectivity index (χ3n) is 4.63. The van der Waals surface area contributed by atoms with Crippen molar-refractivity contribution in [2.24, 2.45) is 11.7 Å². The molecule has 1 aliphatic rings. The Bertz CT molecular complexity index is 1040. The first-order valence-electron chi connectivity index (χ1n) is 8.12. The number of fused-ring (bicyclic) bond motifs is 1. The van der Waals surface area contributed by atoms with Crippen LogP contribution in [0, 0.1) is 23.1 Å². The molecule has 2 N–H and O–H groups in total. The van der Waals surface area contributed by atoms with E-state index in [0.29, 0.717) is 24.4 Å². The van der Waals surface area contributed by atoms with Gasteiger partial charge in [-0.25, -0.2) is 13.9 Å². The van der Waals surface area contributed by atoms with Gasteiger partial charge in [0.2, 0.25) is 0 Å². The molecule has 2 aromatic heterocycles. The van der Waals surface area contributed by atoms with Crippen LogP contribution in [0.5, 0.6) is 0 Å². The monoisotopic (exact) mass is 350 g/mol. The third-order valence-corrected chi connectivity index (χ3v) is 4.63. The number of rotatable bonds is 3. The van der Waals surface area contributed by atoms with Gasteiger partial charge in [-0.05, 0) is 30.2 Å². The molecule has 3 heterocycles. The van der Waals surface area contributed by atoms with E-state index in [1.165, 1.54) is 22.8 Å². The molecule has 1 saturated heterocycles. The Labute approximate surface area is 148 Å². The second-order valence-electron chi connectivity index (χ2n) is 6.26. The molecule has 1 unspecified atom stereocenters. The van der Waals surface area contributed by atoms with Crippen molar-refractivity contribution in [2.75, 3.05) is 11.4 Å². The van der Waals surface area contributed by atoms with E-state index in [1.807, 2.05) is 11.0 Å². The van der Waals surface area contributed by atoms with E-state index in [2.05, 4.69) is 16.2 Å². The van der Waals surface area contributed by atoms with E-state index in [0.717, 1.165) is 5.56 Å². The Morgan fingerprint density at radius 3 is 2.96 bits per heavy atom. The molecule has 26 heavy (non-hydrogen) atoms. The molecule has 0 bridgehead atoms. The molecule has 1 amide bonds. The number of hydrogen-bond donors (Lipinski definition) is 1. The second kappa shape index (κ2) is 6.11. The minimum Gasteiger partial charge on any atom is -0.365 e. The molecule has 7 nitrogen and oxygen atoms in total. The number of hydrogen-bond acceptors (Lipinski definition) is 5. The fourth-order valence-corrected chi connectivity index (χ4v) is 3.41. The van der Waals surface area contributed by atoms with Crippen LogP contribution in [-0.2, 0) is 0 Å². The summed E-state index contributed by atoms with van der Waals surface area (Å²) < 4.78 is 15.1. The number of anilines is 1. The zero-order chi connectivity index (χ0) is 18.3. The Morgan fingerprint density at radius 1 is 1.38 bits per heavy atom. The Morgan fingerprint density at radius 2 is 2.23 bits per heavy atom. The van der Waals surface area contributed by atoms with Gasteiger partial charge >= 0.3 is 0 Å². The van der Waals surface area contributed by atoms with Crippen LogP contribution in [0.4, 0.5) is 10.2 Å². The molecule has 0 saturated carbocycles. The first-order valence-corrected chi connectivity index (χ1v) is 8.12. The predicted molar refractivity (Wildman–Crippen MR) is 91.7 cm³/mol. The summed E-state index contributed by atoms with van der Waals surface area (Å²) >= 11 is 0. The number of halogens is 1. The minimum absolute atomic E-state index is 0.176. The van der Waals surface area contributed by atoms with E-state index in [4.69, 9.17) is 5.73 Å². The molecule has 1 aromatic carbocycles. The Kier molecular flexibility index (Phi) is 3.77. The van der Waals surface area contributed by atoms with Gasteiger partial charge in [0.15, 0.2) is 5.65 Å². The summed E-state index contributed by atoms with van der Waals surface area (Å²) in [5.74, 6) is -0.532. The van der Waals surface area contributed by atoms with Gasteiger partial charge < -0.3 is 10.6 Å². The summed E-state index contributed by atoms with van der Waals surface area (Å²) in [5, 5.41) is 13.4. The normalized spacial score (nSPS) is 19.6. The second-order valence-corrected chi connectivity index (χ2v) is 6.26. The van der Waals surface area contributed by atoms with Crippen molar-refractivity contribution in [1.29, 1.82) is 5.26 Å². The maximum atomic E-state index is 13.7. The molecule has 8 heteroatoms. The van der Waals surface area contributed by atoms with Crippen molar-refractivity contribution < 1.29 is 9.18 Å². The molecule has 0 radical (unpaired) electrons. The number of amides is 1. The van der Waals surface area contributed by atoms with Gasteiger partial charge in [-0.3, -0.25) is 4.79 Å². The maximum absolute atomic E-state index is 13.7. The molecular weight excluding hydrogens is 335 g/mol. The quantitative estimate of drug-likeness (QED) is 0.779. The smallest absolute Gasteiger partial charge is 0.254 e. The van der Waals surface area contributed by atoms with Gasteiger partial charge in [0.25, 0.3) is 5.91 Å². The lowest BCUT2D eigenvalue weighted by Gasteiger charge is -2.26. The number of carbonyl (C=O) groups is 1. The average molecular weight is 350 g/mol. The summed E-state index contributed by atoms with van der Waals surface area (Å²) in [7, 11) is 0. The first kappa shape index (κ1) is 16.0. The maximum Gasteiger partial charge on any atom is 0.254 e. The highest BCUT2D eigenvalue weighted by molar-refractivity contribution is 5.98. The molecule has 4 rings (SSSR count). The SMILES string of the molecule is N#C[C@H]1CC(c2cccc(F)c2)N(c2ccn3ncc(C(N)=O)c3n2)C1. The summed E-state index contributed by atoms with van der Waals surface area (Å²) in [4.78, 5) is 18.0. The fraction of sp³-hybridized carbons (Fsp3) is 0.222. The first-order chi connectivity index (χ1) is 12.6. The highest BCUT2D eigenvalue weighted by Crippen LogP contribution is 2.38. The van der Waals surface area contributed by atoms with Gasteiger partial charge in [0, 0.05) is 12.7 Å². The van der Waals surface area contributed by atoms with Gasteiger partial charge in [-0.2, -0.15) is 10.4 Å². The number of aromatic nitrogens is 3. The molecule has 2 atom stereocenters. The number of nitrogens with zero attached hydrogens (tertiary/aromatic N) is 5. The third kappa shape index (κ3) is 2.63. The summed E-state index contributed by atoms with van der Waals surface area (Å²) in [6.07, 6.45) is 3.64. The number of benzene rings is 1. The van der Waals surface area contributed by atoms with Crippen LogP contribution in [-0.4, -0.2) is 27.0 Å². The van der Waals surface area contributed by atoms with Gasteiger partial charge in [0.1, 0.15) is 17.2 Å². The molecule has 1 fully saturated rings. The molecular formula is C18H15FN6O. The van der Waals surface area contributed by atoms with Crippen LogP contribution in [0.1, 0.15) is 28.4 Å². The Hall–Kier alpha value is -3.47. The molecule has 3 aromatic rings. The van der Waals surface area contributed by atoms with E-state index < -0.39 is 5.91 Å². The van der Waals surface area contributed by atoms with Crippen molar-refractivity contribution >= 4 is 17.4 Å². The lowest BCUT2D eigenvalue weighted by atomic mass is 10.0. The van der Waals surface area contributed by atoms with E-state index in [1.54, 1.807) is 18.3 Å². The van der Waals surface area contributed by atoms with Crippen LogP contribution in [0.25, 0.3) is 5.65 Å². The number of nitrogens with two attached hydrogens (primary N) is 1. The van der Waals surface area contributed by atoms with E-state index in [-0.39, 0.29) is 23.3 Å². The topological polar surface area (TPSA) is 100 Å². The molecule has 130 valence electrons. The van der Waals surface area contributed by atoms with Crippen LogP contribution < -0.4 is 10.6 Å². The number of primary amides is 1. The molecule has 0 aliphatic carbocycles. The standard InChI is InChI=1S/C18H15FN6O/c19-13-3-1-2-12(7-13)15-6-11(8-20)10-24(15)16-4-5-25-18(23-16)14(9-22-25)17(21)26/h1-5,7,9,11,15H,6,10H2,(H2,21,26)/t11-,15?/m1/s1. The van der Waals surface area contributed by atoms with E-state index >= 15 is 0 Å². The van der Waals surface area contributed by atoms with Crippen LogP contribution >= 0.6 is 0 Å². The summed E-state index contributed by atoms with van der Waals surface area (Å²) in [6.45, 7) is 0.473. The van der Waals surface area contributed by atoms with E-state index in [9.17, 15) is 14.4 Å². The average Bonchev–Trinajstić information content (AvgIpc) is 3.25. The number of nitriles is 1. The van der Waals surface area contributed by atoms with Crippen molar-refractivity contribution in [1.82, 2.24) is 14.6 Å². The van der Waals surface area contributed by atoms with Crippen molar-refractivity contribution in [3.8, 4) is 6.07 Å². The van der Waals surface area contributed by atoms with Crippen molar-refractivity contribution in [2.45, 2.75) is 12.5 Å². The van der Waals surface area contributed by atoms with Crippen LogP contribution in [0.3, 0.4) is 0 Å².